The molecule has 1 heterocycles. The lowest BCUT2D eigenvalue weighted by atomic mass is 9.49. The van der Waals surface area contributed by atoms with Crippen molar-refractivity contribution in [2.75, 3.05) is 18.5 Å². The van der Waals surface area contributed by atoms with Crippen molar-refractivity contribution >= 4 is 29.2 Å². The number of halogens is 1. The Morgan fingerprint density at radius 3 is 2.52 bits per heavy atom. The third-order valence-electron chi connectivity index (χ3n) is 6.89. The molecule has 0 saturated heterocycles. The highest BCUT2D eigenvalue weighted by Crippen LogP contribution is 2.64. The van der Waals surface area contributed by atoms with Gasteiger partial charge in [-0.05, 0) is 69.4 Å². The van der Waals surface area contributed by atoms with Crippen LogP contribution in [0.5, 0.6) is 11.5 Å². The number of benzene rings is 1. The molecule has 0 aromatic heterocycles. The largest absolute Gasteiger partial charge is 0.486 e. The molecule has 29 heavy (non-hydrogen) atoms. The Labute approximate surface area is 175 Å². The number of anilines is 1. The molecule has 3 atom stereocenters. The van der Waals surface area contributed by atoms with Crippen molar-refractivity contribution < 1.29 is 23.8 Å². The molecule has 4 fully saturated rings. The highest BCUT2D eigenvalue weighted by Gasteiger charge is 2.61. The van der Waals surface area contributed by atoms with Crippen LogP contribution in [0.2, 0.25) is 0 Å². The van der Waals surface area contributed by atoms with E-state index in [0.29, 0.717) is 48.7 Å². The number of ether oxygens (including phenoxy) is 3. The minimum Gasteiger partial charge on any atom is -0.486 e. The maximum absolute atomic E-state index is 13.1. The summed E-state index contributed by atoms with van der Waals surface area (Å²) in [6, 6.07) is 5.23. The monoisotopic (exact) mass is 419 g/mol. The van der Waals surface area contributed by atoms with Crippen LogP contribution in [-0.4, -0.2) is 36.1 Å². The fourth-order valence-electron chi connectivity index (χ4n) is 6.09. The Balaban J connectivity index is 1.24. The minimum absolute atomic E-state index is 0.263. The normalized spacial score (nSPS) is 35.1. The zero-order valence-corrected chi connectivity index (χ0v) is 17.3. The van der Waals surface area contributed by atoms with Crippen molar-refractivity contribution in [3.05, 3.63) is 18.2 Å². The number of amides is 1. The lowest BCUT2D eigenvalue weighted by molar-refractivity contribution is -0.176. The summed E-state index contributed by atoms with van der Waals surface area (Å²) < 4.78 is 16.7. The van der Waals surface area contributed by atoms with Gasteiger partial charge in [0, 0.05) is 16.6 Å². The number of nitrogens with one attached hydrogen (secondary N) is 1. The van der Waals surface area contributed by atoms with E-state index in [2.05, 4.69) is 5.32 Å². The minimum atomic E-state index is -0.880. The molecular weight excluding hydrogens is 394 g/mol. The van der Waals surface area contributed by atoms with E-state index in [-0.39, 0.29) is 16.8 Å². The molecule has 6 nitrogen and oxygen atoms in total. The van der Waals surface area contributed by atoms with Crippen LogP contribution < -0.4 is 14.8 Å². The van der Waals surface area contributed by atoms with Gasteiger partial charge in [-0.25, -0.2) is 0 Å². The quantitative estimate of drug-likeness (QED) is 0.591. The van der Waals surface area contributed by atoms with Gasteiger partial charge in [0.15, 0.2) is 17.6 Å². The first-order valence-electron chi connectivity index (χ1n) is 10.4. The Bertz CT molecular complexity index is 842. The molecule has 6 rings (SSSR count). The Kier molecular flexibility index (Phi) is 4.46. The zero-order chi connectivity index (χ0) is 20.2. The fraction of sp³-hybridized carbons (Fsp3) is 0.636. The van der Waals surface area contributed by atoms with Crippen LogP contribution in [0.15, 0.2) is 18.2 Å². The number of carbonyl (C=O) groups excluding carboxylic acids is 2. The second-order valence-corrected chi connectivity index (χ2v) is 10.1. The maximum Gasteiger partial charge on any atom is 0.312 e. The SMILES string of the molecule is C[C@@H](OC(=O)C12C[C@H]3C[C@@H](CC(Cl)(C3)C1)C2)C(=O)Nc1ccc2c(c1)OCCO2. The first-order chi connectivity index (χ1) is 13.8. The molecule has 4 aliphatic carbocycles. The van der Waals surface area contributed by atoms with Crippen LogP contribution in [0.1, 0.15) is 45.4 Å². The molecule has 156 valence electrons. The van der Waals surface area contributed by atoms with E-state index < -0.39 is 11.5 Å². The molecule has 1 N–H and O–H groups in total. The molecular formula is C22H26ClNO5. The molecule has 5 aliphatic rings. The maximum atomic E-state index is 13.1. The van der Waals surface area contributed by atoms with Gasteiger partial charge in [-0.2, -0.15) is 0 Å². The molecule has 0 spiro atoms. The number of hydrogen-bond donors (Lipinski definition) is 1. The number of fused-ring (bicyclic) bond motifs is 1. The average Bonchev–Trinajstić information content (AvgIpc) is 2.66. The standard InChI is InChI=1S/C22H26ClNO5/c1-13(19(25)24-16-2-3-17-18(7-16)28-5-4-27-17)29-20(26)21-8-14-6-15(9-21)11-22(23,10-14)12-21/h2-3,7,13-15H,4-6,8-12H2,1H3,(H,24,25)/t13-,14-,15-,21?,22?/m1/s1. The Morgan fingerprint density at radius 1 is 1.14 bits per heavy atom. The predicted molar refractivity (Wildman–Crippen MR) is 107 cm³/mol. The van der Waals surface area contributed by atoms with E-state index >= 15 is 0 Å². The summed E-state index contributed by atoms with van der Waals surface area (Å²) in [5.74, 6) is 1.64. The van der Waals surface area contributed by atoms with Crippen LogP contribution in [0, 0.1) is 17.3 Å². The van der Waals surface area contributed by atoms with Crippen LogP contribution in [0.4, 0.5) is 5.69 Å². The third kappa shape index (κ3) is 3.45. The van der Waals surface area contributed by atoms with Crippen LogP contribution in [-0.2, 0) is 14.3 Å². The number of esters is 1. The smallest absolute Gasteiger partial charge is 0.312 e. The van der Waals surface area contributed by atoms with E-state index in [1.165, 1.54) is 6.42 Å². The Morgan fingerprint density at radius 2 is 1.83 bits per heavy atom. The third-order valence-corrected chi connectivity index (χ3v) is 7.33. The van der Waals surface area contributed by atoms with Gasteiger partial charge >= 0.3 is 5.97 Å². The van der Waals surface area contributed by atoms with Crippen molar-refractivity contribution in [3.63, 3.8) is 0 Å². The van der Waals surface area contributed by atoms with Gasteiger partial charge in [-0.15, -0.1) is 11.6 Å². The van der Waals surface area contributed by atoms with Gasteiger partial charge in [0.1, 0.15) is 13.2 Å². The molecule has 1 aliphatic heterocycles. The van der Waals surface area contributed by atoms with E-state index in [1.54, 1.807) is 25.1 Å². The van der Waals surface area contributed by atoms with E-state index in [0.717, 1.165) is 25.7 Å². The molecule has 1 aromatic rings. The topological polar surface area (TPSA) is 73.9 Å². The van der Waals surface area contributed by atoms with E-state index in [1.807, 2.05) is 0 Å². The number of rotatable bonds is 4. The lowest BCUT2D eigenvalue weighted by Crippen LogP contribution is -2.57. The molecule has 7 heteroatoms. The summed E-state index contributed by atoms with van der Waals surface area (Å²) in [6.45, 7) is 2.60. The second-order valence-electron chi connectivity index (χ2n) is 9.29. The van der Waals surface area contributed by atoms with Crippen LogP contribution in [0.3, 0.4) is 0 Å². The molecule has 4 saturated carbocycles. The van der Waals surface area contributed by atoms with Crippen molar-refractivity contribution in [3.8, 4) is 11.5 Å². The highest BCUT2D eigenvalue weighted by molar-refractivity contribution is 6.24. The second kappa shape index (κ2) is 6.79. The van der Waals surface area contributed by atoms with Crippen LogP contribution >= 0.6 is 11.6 Å². The van der Waals surface area contributed by atoms with Gasteiger partial charge in [0.2, 0.25) is 0 Å². The highest BCUT2D eigenvalue weighted by atomic mass is 35.5. The average molecular weight is 420 g/mol. The molecule has 0 unspecified atom stereocenters. The molecule has 1 aromatic carbocycles. The van der Waals surface area contributed by atoms with Gasteiger partial charge < -0.3 is 19.5 Å². The summed E-state index contributed by atoms with van der Waals surface area (Å²) in [6.07, 6.45) is 4.64. The Hall–Kier alpha value is -1.95. The van der Waals surface area contributed by atoms with Crippen molar-refractivity contribution in [1.29, 1.82) is 0 Å². The van der Waals surface area contributed by atoms with Crippen LogP contribution in [0.25, 0.3) is 0 Å². The van der Waals surface area contributed by atoms with Gasteiger partial charge in [0.05, 0.1) is 5.41 Å². The number of carbonyl (C=O) groups is 2. The predicted octanol–water partition coefficient (Wildman–Crippen LogP) is 3.91. The molecule has 1 amide bonds. The summed E-state index contributed by atoms with van der Waals surface area (Å²) in [5.41, 5.74) is 0.0637. The van der Waals surface area contributed by atoms with Gasteiger partial charge in [0.25, 0.3) is 5.91 Å². The fourth-order valence-corrected chi connectivity index (χ4v) is 6.79. The first-order valence-corrected chi connectivity index (χ1v) is 10.8. The molecule has 4 bridgehead atoms. The summed E-state index contributed by atoms with van der Waals surface area (Å²) in [4.78, 5) is 25.5. The van der Waals surface area contributed by atoms with Gasteiger partial charge in [-0.1, -0.05) is 0 Å². The summed E-state index contributed by atoms with van der Waals surface area (Å²) in [7, 11) is 0. The van der Waals surface area contributed by atoms with Crippen molar-refractivity contribution in [2.24, 2.45) is 17.3 Å². The van der Waals surface area contributed by atoms with Crippen molar-refractivity contribution in [1.82, 2.24) is 0 Å². The van der Waals surface area contributed by atoms with Crippen molar-refractivity contribution in [2.45, 2.75) is 56.4 Å². The molecule has 0 radical (unpaired) electrons. The summed E-state index contributed by atoms with van der Waals surface area (Å²) in [5, 5.41) is 2.80. The number of alkyl halides is 1. The van der Waals surface area contributed by atoms with E-state index in [9.17, 15) is 9.59 Å². The lowest BCUT2D eigenvalue weighted by Gasteiger charge is -2.58. The van der Waals surface area contributed by atoms with E-state index in [4.69, 9.17) is 25.8 Å². The first kappa shape index (κ1) is 19.0. The zero-order valence-electron chi connectivity index (χ0n) is 16.5. The van der Waals surface area contributed by atoms with Gasteiger partial charge in [-0.3, -0.25) is 9.59 Å². The number of hydrogen-bond acceptors (Lipinski definition) is 5. The summed E-state index contributed by atoms with van der Waals surface area (Å²) >= 11 is 6.82.